The Hall–Kier alpha value is -2.72. The van der Waals surface area contributed by atoms with Gasteiger partial charge in [-0.05, 0) is 44.0 Å². The van der Waals surface area contributed by atoms with Gasteiger partial charge in [-0.1, -0.05) is 11.8 Å². The molecule has 2 heterocycles. The summed E-state index contributed by atoms with van der Waals surface area (Å²) in [5, 5.41) is 12.9. The summed E-state index contributed by atoms with van der Waals surface area (Å²) in [5.41, 5.74) is 3.97. The van der Waals surface area contributed by atoms with Crippen LogP contribution in [0.2, 0.25) is 0 Å². The highest BCUT2D eigenvalue weighted by Crippen LogP contribution is 2.32. The van der Waals surface area contributed by atoms with Crippen molar-refractivity contribution in [2.24, 2.45) is 0 Å². The molecule has 1 amide bonds. The molecule has 7 heteroatoms. The van der Waals surface area contributed by atoms with Crippen LogP contribution in [0.3, 0.4) is 0 Å². The number of hydrogen-bond donors (Lipinski definition) is 1. The Morgan fingerprint density at radius 3 is 2.70 bits per heavy atom. The lowest BCUT2D eigenvalue weighted by molar-refractivity contribution is -0.113. The number of nitrogens with zero attached hydrogens (tertiary/aromatic N) is 2. The largest absolute Gasteiger partial charge is 0.490 e. The van der Waals surface area contributed by atoms with E-state index in [9.17, 15) is 10.1 Å². The van der Waals surface area contributed by atoms with Crippen LogP contribution in [0, 0.1) is 32.1 Å². The number of carbonyl (C=O) groups excluding carboxylic acids is 1. The fraction of sp³-hybridized carbons (Fsp3) is 0.350. The van der Waals surface area contributed by atoms with E-state index in [-0.39, 0.29) is 11.7 Å². The lowest BCUT2D eigenvalue weighted by Crippen LogP contribution is -2.14. The van der Waals surface area contributed by atoms with Crippen molar-refractivity contribution < 1.29 is 14.3 Å². The van der Waals surface area contributed by atoms with E-state index in [2.05, 4.69) is 16.4 Å². The molecule has 140 valence electrons. The molecule has 0 atom stereocenters. The molecule has 1 aliphatic rings. The average Bonchev–Trinajstić information content (AvgIpc) is 2.89. The first-order valence-corrected chi connectivity index (χ1v) is 9.68. The Labute approximate surface area is 162 Å². The number of benzene rings is 1. The lowest BCUT2D eigenvalue weighted by atomic mass is 10.1. The maximum atomic E-state index is 12.3. The SMILES string of the molecule is Cc1nc(SCC(=O)Nc2ccc3c(c2)OCCCO3)c(C#N)c(C)c1C. The van der Waals surface area contributed by atoms with E-state index in [1.165, 1.54) is 11.8 Å². The third-order valence-corrected chi connectivity index (χ3v) is 5.42. The van der Waals surface area contributed by atoms with Crippen LogP contribution in [0.5, 0.6) is 11.5 Å². The molecule has 1 aromatic heterocycles. The molecule has 1 aliphatic heterocycles. The van der Waals surface area contributed by atoms with Crippen LogP contribution < -0.4 is 14.8 Å². The molecule has 1 aromatic carbocycles. The van der Waals surface area contributed by atoms with Gasteiger partial charge in [0.25, 0.3) is 0 Å². The van der Waals surface area contributed by atoms with Crippen molar-refractivity contribution in [2.75, 3.05) is 24.3 Å². The van der Waals surface area contributed by atoms with Crippen LogP contribution >= 0.6 is 11.8 Å². The number of ether oxygens (including phenoxy) is 2. The van der Waals surface area contributed by atoms with Crippen LogP contribution in [0.15, 0.2) is 23.2 Å². The Morgan fingerprint density at radius 1 is 1.22 bits per heavy atom. The molecule has 0 bridgehead atoms. The minimum atomic E-state index is -0.170. The molecule has 0 saturated carbocycles. The van der Waals surface area contributed by atoms with Gasteiger partial charge in [0, 0.05) is 23.9 Å². The number of aryl methyl sites for hydroxylation is 1. The first-order valence-electron chi connectivity index (χ1n) is 8.69. The molecule has 0 saturated heterocycles. The molecule has 0 fully saturated rings. The first-order chi connectivity index (χ1) is 13.0. The number of thioether (sulfide) groups is 1. The second kappa shape index (κ2) is 8.31. The number of amides is 1. The Morgan fingerprint density at radius 2 is 1.96 bits per heavy atom. The average molecular weight is 383 g/mol. The van der Waals surface area contributed by atoms with Gasteiger partial charge in [0.05, 0.1) is 24.5 Å². The number of rotatable bonds is 4. The van der Waals surface area contributed by atoms with Crippen molar-refractivity contribution in [3.63, 3.8) is 0 Å². The molecule has 0 aliphatic carbocycles. The lowest BCUT2D eigenvalue weighted by Gasteiger charge is -2.12. The van der Waals surface area contributed by atoms with E-state index in [1.54, 1.807) is 18.2 Å². The number of aromatic nitrogens is 1. The summed E-state index contributed by atoms with van der Waals surface area (Å²) in [6.07, 6.45) is 0.830. The van der Waals surface area contributed by atoms with Crippen molar-refractivity contribution in [1.82, 2.24) is 4.98 Å². The summed E-state index contributed by atoms with van der Waals surface area (Å²) in [4.78, 5) is 16.8. The standard InChI is InChI=1S/C20H21N3O3S/c1-12-13(2)16(10-21)20(22-14(12)3)27-11-19(24)23-15-5-6-17-18(9-15)26-8-4-7-25-17/h5-6,9H,4,7-8,11H2,1-3H3,(H,23,24). The normalized spacial score (nSPS) is 12.8. The van der Waals surface area contributed by atoms with Gasteiger partial charge in [-0.2, -0.15) is 5.26 Å². The van der Waals surface area contributed by atoms with Crippen molar-refractivity contribution in [3.8, 4) is 17.6 Å². The molecule has 1 N–H and O–H groups in total. The van der Waals surface area contributed by atoms with Gasteiger partial charge < -0.3 is 14.8 Å². The molecule has 2 aromatic rings. The summed E-state index contributed by atoms with van der Waals surface area (Å²) >= 11 is 1.27. The second-order valence-corrected chi connectivity index (χ2v) is 7.25. The van der Waals surface area contributed by atoms with Gasteiger partial charge in [0.1, 0.15) is 11.1 Å². The minimum Gasteiger partial charge on any atom is -0.490 e. The molecular weight excluding hydrogens is 362 g/mol. The number of anilines is 1. The molecule has 27 heavy (non-hydrogen) atoms. The van der Waals surface area contributed by atoms with Crippen molar-refractivity contribution >= 4 is 23.4 Å². The number of carbonyl (C=O) groups is 1. The molecule has 6 nitrogen and oxygen atoms in total. The van der Waals surface area contributed by atoms with Gasteiger partial charge in [-0.15, -0.1) is 0 Å². The van der Waals surface area contributed by atoms with Crippen LogP contribution in [-0.2, 0) is 4.79 Å². The zero-order valence-corrected chi connectivity index (χ0v) is 16.4. The predicted molar refractivity (Wildman–Crippen MR) is 105 cm³/mol. The Bertz CT molecular complexity index is 922. The number of fused-ring (bicyclic) bond motifs is 1. The molecule has 0 radical (unpaired) electrons. The second-order valence-electron chi connectivity index (χ2n) is 6.29. The van der Waals surface area contributed by atoms with E-state index >= 15 is 0 Å². The minimum absolute atomic E-state index is 0.165. The zero-order valence-electron chi connectivity index (χ0n) is 15.6. The van der Waals surface area contributed by atoms with Crippen LogP contribution in [0.25, 0.3) is 0 Å². The highest BCUT2D eigenvalue weighted by Gasteiger charge is 2.15. The number of nitrogens with one attached hydrogen (secondary N) is 1. The van der Waals surface area contributed by atoms with Gasteiger partial charge in [0.2, 0.25) is 5.91 Å². The predicted octanol–water partition coefficient (Wildman–Crippen LogP) is 3.77. The molecular formula is C20H21N3O3S. The molecule has 0 unspecified atom stereocenters. The van der Waals surface area contributed by atoms with Crippen molar-refractivity contribution in [3.05, 3.63) is 40.6 Å². The fourth-order valence-electron chi connectivity index (χ4n) is 2.72. The molecule has 3 rings (SSSR count). The smallest absolute Gasteiger partial charge is 0.234 e. The Balaban J connectivity index is 1.67. The Kier molecular flexibility index (Phi) is 5.87. The van der Waals surface area contributed by atoms with Crippen molar-refractivity contribution in [2.45, 2.75) is 32.2 Å². The third kappa shape index (κ3) is 4.34. The van der Waals surface area contributed by atoms with Gasteiger partial charge >= 0.3 is 0 Å². The highest BCUT2D eigenvalue weighted by molar-refractivity contribution is 8.00. The number of nitriles is 1. The van der Waals surface area contributed by atoms with Crippen LogP contribution in [-0.4, -0.2) is 29.9 Å². The first kappa shape index (κ1) is 19.1. The van der Waals surface area contributed by atoms with Gasteiger partial charge in [0.15, 0.2) is 11.5 Å². The topological polar surface area (TPSA) is 84.2 Å². The summed E-state index contributed by atoms with van der Waals surface area (Å²) in [7, 11) is 0. The van der Waals surface area contributed by atoms with Gasteiger partial charge in [-0.3, -0.25) is 4.79 Å². The van der Waals surface area contributed by atoms with E-state index in [0.29, 0.717) is 41.0 Å². The van der Waals surface area contributed by atoms with Crippen LogP contribution in [0.4, 0.5) is 5.69 Å². The fourth-order valence-corrected chi connectivity index (χ4v) is 3.60. The summed E-state index contributed by atoms with van der Waals surface area (Å²) in [6.45, 7) is 6.98. The maximum Gasteiger partial charge on any atom is 0.234 e. The summed E-state index contributed by atoms with van der Waals surface area (Å²) < 4.78 is 11.2. The number of pyridine rings is 1. The molecule has 0 spiro atoms. The van der Waals surface area contributed by atoms with E-state index < -0.39 is 0 Å². The number of hydrogen-bond acceptors (Lipinski definition) is 6. The maximum absolute atomic E-state index is 12.3. The highest BCUT2D eigenvalue weighted by atomic mass is 32.2. The van der Waals surface area contributed by atoms with Crippen molar-refractivity contribution in [1.29, 1.82) is 5.26 Å². The van der Waals surface area contributed by atoms with E-state index in [0.717, 1.165) is 23.2 Å². The summed E-state index contributed by atoms with van der Waals surface area (Å²) in [5.74, 6) is 1.32. The monoisotopic (exact) mass is 383 g/mol. The quantitative estimate of drug-likeness (QED) is 0.809. The summed E-state index contributed by atoms with van der Waals surface area (Å²) in [6, 6.07) is 7.55. The van der Waals surface area contributed by atoms with Gasteiger partial charge in [-0.25, -0.2) is 4.98 Å². The van der Waals surface area contributed by atoms with E-state index in [4.69, 9.17) is 9.47 Å². The van der Waals surface area contributed by atoms with E-state index in [1.807, 2.05) is 20.8 Å². The zero-order chi connectivity index (χ0) is 19.4. The third-order valence-electron chi connectivity index (χ3n) is 4.45. The van der Waals surface area contributed by atoms with Crippen LogP contribution in [0.1, 0.15) is 28.8 Å².